The lowest BCUT2D eigenvalue weighted by molar-refractivity contribution is 0.588. The summed E-state index contributed by atoms with van der Waals surface area (Å²) in [5, 5.41) is 4.72. The van der Waals surface area contributed by atoms with Gasteiger partial charge in [-0.2, -0.15) is 0 Å². The lowest BCUT2D eigenvalue weighted by Gasteiger charge is -2.23. The van der Waals surface area contributed by atoms with E-state index in [1.807, 2.05) is 6.08 Å². The van der Waals surface area contributed by atoms with Crippen LogP contribution in [0.4, 0.5) is 0 Å². The normalized spacial score (nSPS) is 13.5. The molecule has 0 atom stereocenters. The lowest BCUT2D eigenvalue weighted by atomic mass is 9.99. The van der Waals surface area contributed by atoms with Crippen molar-refractivity contribution in [3.05, 3.63) is 115 Å². The first-order chi connectivity index (χ1) is 15.3. The molecule has 0 N–H and O–H groups in total. The highest BCUT2D eigenvalue weighted by Gasteiger charge is 2.12. The molecule has 0 fully saturated rings. The fourth-order valence-corrected chi connectivity index (χ4v) is 4.35. The molecule has 5 aromatic rings. The summed E-state index contributed by atoms with van der Waals surface area (Å²) in [5.41, 5.74) is 6.32. The van der Waals surface area contributed by atoms with E-state index >= 15 is 0 Å². The van der Waals surface area contributed by atoms with Crippen LogP contribution in [0.2, 0.25) is 0 Å². The van der Waals surface area contributed by atoms with Crippen LogP contribution >= 0.6 is 0 Å². The molecular formula is C29H21NO. The van der Waals surface area contributed by atoms with E-state index < -0.39 is 0 Å². The van der Waals surface area contributed by atoms with Crippen molar-refractivity contribution in [3.63, 3.8) is 0 Å². The summed E-state index contributed by atoms with van der Waals surface area (Å²) in [7, 11) is 0. The third kappa shape index (κ3) is 3.04. The highest BCUT2D eigenvalue weighted by molar-refractivity contribution is 6.11. The molecule has 1 aromatic heterocycles. The fraction of sp³-hybridized carbons (Fsp3) is 0.0345. The van der Waals surface area contributed by atoms with E-state index in [0.717, 1.165) is 39.7 Å². The molecule has 0 spiro atoms. The Labute approximate surface area is 181 Å². The molecule has 0 radical (unpaired) electrons. The van der Waals surface area contributed by atoms with Crippen LogP contribution in [0.5, 0.6) is 0 Å². The number of fused-ring (bicyclic) bond motifs is 4. The Kier molecular flexibility index (Phi) is 4.03. The summed E-state index contributed by atoms with van der Waals surface area (Å²) in [4.78, 5) is 2.16. The van der Waals surface area contributed by atoms with Crippen LogP contribution in [0.1, 0.15) is 5.56 Å². The molecule has 2 heteroatoms. The first-order valence-electron chi connectivity index (χ1n) is 10.5. The summed E-state index contributed by atoms with van der Waals surface area (Å²) >= 11 is 0. The van der Waals surface area contributed by atoms with Crippen LogP contribution in [-0.2, 0) is 0 Å². The summed E-state index contributed by atoms with van der Waals surface area (Å²) in [6.07, 6.45) is 8.31. The molecule has 1 aliphatic rings. The van der Waals surface area contributed by atoms with Crippen molar-refractivity contribution < 1.29 is 4.42 Å². The highest BCUT2D eigenvalue weighted by atomic mass is 16.3. The minimum absolute atomic E-state index is 0.848. The highest BCUT2D eigenvalue weighted by Crippen LogP contribution is 2.35. The van der Waals surface area contributed by atoms with Gasteiger partial charge in [0.15, 0.2) is 0 Å². The average Bonchev–Trinajstić information content (AvgIpc) is 3.19. The van der Waals surface area contributed by atoms with Gasteiger partial charge in [-0.3, -0.25) is 0 Å². The van der Waals surface area contributed by atoms with E-state index in [1.54, 1.807) is 0 Å². The number of hydrogen-bond acceptors (Lipinski definition) is 2. The van der Waals surface area contributed by atoms with Crippen molar-refractivity contribution in [1.82, 2.24) is 4.90 Å². The SMILES string of the molecule is C=C(c1cccc(-c2ccc3oc4cc5ccccc5cc4c3c2)c1)N1C=CC=CC1. The molecule has 148 valence electrons. The third-order valence-electron chi connectivity index (χ3n) is 6.03. The molecule has 6 rings (SSSR count). The number of allylic oxidation sites excluding steroid dienone is 2. The Bertz CT molecular complexity index is 1530. The Morgan fingerprint density at radius 3 is 2.39 bits per heavy atom. The van der Waals surface area contributed by atoms with Gasteiger partial charge >= 0.3 is 0 Å². The van der Waals surface area contributed by atoms with Crippen LogP contribution in [0.3, 0.4) is 0 Å². The molecular weight excluding hydrogens is 378 g/mol. The van der Waals surface area contributed by atoms with Gasteiger partial charge in [-0.25, -0.2) is 0 Å². The van der Waals surface area contributed by atoms with E-state index in [-0.39, 0.29) is 0 Å². The maximum atomic E-state index is 6.16. The Morgan fingerprint density at radius 1 is 0.742 bits per heavy atom. The summed E-state index contributed by atoms with van der Waals surface area (Å²) in [6, 6.07) is 27.8. The van der Waals surface area contributed by atoms with E-state index in [2.05, 4.69) is 109 Å². The quantitative estimate of drug-likeness (QED) is 0.308. The average molecular weight is 399 g/mol. The zero-order valence-electron chi connectivity index (χ0n) is 17.1. The summed E-state index contributed by atoms with van der Waals surface area (Å²) < 4.78 is 6.16. The standard InChI is InChI=1S/C29H21NO/c1-20(30-14-5-2-6-15-30)21-10-7-11-22(16-21)25-12-13-28-26(18-25)27-17-23-8-3-4-9-24(23)19-29(27)31-28/h2-14,16-19H,1,15H2. The van der Waals surface area contributed by atoms with E-state index in [4.69, 9.17) is 4.42 Å². The topological polar surface area (TPSA) is 16.4 Å². The molecule has 2 heterocycles. The number of benzene rings is 4. The van der Waals surface area contributed by atoms with Crippen molar-refractivity contribution in [2.24, 2.45) is 0 Å². The van der Waals surface area contributed by atoms with Gasteiger partial charge in [-0.05, 0) is 63.9 Å². The predicted octanol–water partition coefficient (Wildman–Crippen LogP) is 7.76. The maximum absolute atomic E-state index is 6.16. The number of nitrogens with zero attached hydrogens (tertiary/aromatic N) is 1. The van der Waals surface area contributed by atoms with Gasteiger partial charge in [0.2, 0.25) is 0 Å². The second-order valence-electron chi connectivity index (χ2n) is 7.96. The minimum Gasteiger partial charge on any atom is -0.456 e. The molecule has 0 saturated heterocycles. The molecule has 0 bridgehead atoms. The molecule has 0 unspecified atom stereocenters. The molecule has 1 aliphatic heterocycles. The molecule has 4 aromatic carbocycles. The first-order valence-corrected chi connectivity index (χ1v) is 10.5. The van der Waals surface area contributed by atoms with E-state index in [0.29, 0.717) is 0 Å². The largest absolute Gasteiger partial charge is 0.456 e. The van der Waals surface area contributed by atoms with Crippen molar-refractivity contribution >= 4 is 38.4 Å². The van der Waals surface area contributed by atoms with Crippen molar-refractivity contribution in [2.75, 3.05) is 6.54 Å². The van der Waals surface area contributed by atoms with Crippen LogP contribution in [0.15, 0.2) is 114 Å². The van der Waals surface area contributed by atoms with Gasteiger partial charge in [0.1, 0.15) is 11.2 Å². The van der Waals surface area contributed by atoms with Gasteiger partial charge in [0.05, 0.1) is 0 Å². The number of rotatable bonds is 3. The van der Waals surface area contributed by atoms with E-state index in [9.17, 15) is 0 Å². The molecule has 2 nitrogen and oxygen atoms in total. The van der Waals surface area contributed by atoms with Gasteiger partial charge < -0.3 is 9.32 Å². The Morgan fingerprint density at radius 2 is 1.55 bits per heavy atom. The smallest absolute Gasteiger partial charge is 0.136 e. The van der Waals surface area contributed by atoms with Crippen LogP contribution < -0.4 is 0 Å². The fourth-order valence-electron chi connectivity index (χ4n) is 4.35. The zero-order chi connectivity index (χ0) is 20.8. The van der Waals surface area contributed by atoms with Crippen LogP contribution in [-0.4, -0.2) is 11.4 Å². The second-order valence-corrected chi connectivity index (χ2v) is 7.96. The van der Waals surface area contributed by atoms with Gasteiger partial charge in [0.25, 0.3) is 0 Å². The molecule has 0 aliphatic carbocycles. The first kappa shape index (κ1) is 17.8. The number of furan rings is 1. The Balaban J connectivity index is 1.45. The van der Waals surface area contributed by atoms with Crippen molar-refractivity contribution in [2.45, 2.75) is 0 Å². The summed E-state index contributed by atoms with van der Waals surface area (Å²) in [5.74, 6) is 0. The van der Waals surface area contributed by atoms with E-state index in [1.165, 1.54) is 21.9 Å². The summed E-state index contributed by atoms with van der Waals surface area (Å²) in [6.45, 7) is 5.17. The van der Waals surface area contributed by atoms with Gasteiger partial charge in [0, 0.05) is 29.2 Å². The lowest BCUT2D eigenvalue weighted by Crippen LogP contribution is -2.16. The molecule has 0 saturated carbocycles. The van der Waals surface area contributed by atoms with Crippen LogP contribution in [0.25, 0.3) is 49.5 Å². The van der Waals surface area contributed by atoms with Gasteiger partial charge in [-0.15, -0.1) is 0 Å². The minimum atomic E-state index is 0.848. The van der Waals surface area contributed by atoms with Gasteiger partial charge in [-0.1, -0.05) is 67.3 Å². The zero-order valence-corrected chi connectivity index (χ0v) is 17.1. The maximum Gasteiger partial charge on any atom is 0.136 e. The second kappa shape index (κ2) is 7.03. The van der Waals surface area contributed by atoms with Crippen LogP contribution in [0, 0.1) is 0 Å². The predicted molar refractivity (Wildman–Crippen MR) is 131 cm³/mol. The third-order valence-corrected chi connectivity index (χ3v) is 6.03. The molecule has 0 amide bonds. The molecule has 31 heavy (non-hydrogen) atoms. The van der Waals surface area contributed by atoms with Crippen molar-refractivity contribution in [1.29, 1.82) is 0 Å². The number of hydrogen-bond donors (Lipinski definition) is 0. The Hall–Kier alpha value is -4.04. The monoisotopic (exact) mass is 399 g/mol. The van der Waals surface area contributed by atoms with Crippen molar-refractivity contribution in [3.8, 4) is 11.1 Å².